The van der Waals surface area contributed by atoms with E-state index in [9.17, 15) is 14.0 Å². The van der Waals surface area contributed by atoms with Gasteiger partial charge >= 0.3 is 0 Å². The van der Waals surface area contributed by atoms with E-state index in [1.165, 1.54) is 43.1 Å². The molecule has 3 aromatic rings. The van der Waals surface area contributed by atoms with Crippen LogP contribution in [0.2, 0.25) is 0 Å². The Labute approximate surface area is 231 Å². The molecule has 1 saturated carbocycles. The zero-order chi connectivity index (χ0) is 28.4. The maximum absolute atomic E-state index is 15.1. The number of benzene rings is 2. The SMILES string of the molecule is COC1CC(C(=O)Nc2cc(C(N)(CCC3CC3)c3ccncc3)ccc2F)N(C(=O)c2ccc(F)c(N)c2)C1. The fraction of sp³-hybridized carbons (Fsp3) is 0.367. The number of nitrogens with zero attached hydrogens (tertiary/aromatic N) is 2. The first kappa shape index (κ1) is 27.7. The number of nitrogens with two attached hydrogens (primary N) is 2. The molecule has 40 heavy (non-hydrogen) atoms. The van der Waals surface area contributed by atoms with Crippen molar-refractivity contribution in [1.29, 1.82) is 0 Å². The Kier molecular flexibility index (Phi) is 7.82. The molecule has 3 atom stereocenters. The minimum Gasteiger partial charge on any atom is -0.396 e. The maximum atomic E-state index is 15.1. The smallest absolute Gasteiger partial charge is 0.254 e. The van der Waals surface area contributed by atoms with Crippen molar-refractivity contribution in [3.8, 4) is 0 Å². The molecule has 1 saturated heterocycles. The summed E-state index contributed by atoms with van der Waals surface area (Å²) in [6.07, 6.45) is 7.11. The van der Waals surface area contributed by atoms with E-state index in [0.29, 0.717) is 17.9 Å². The quantitative estimate of drug-likeness (QED) is 0.344. The number of halogens is 2. The number of nitrogen functional groups attached to an aromatic ring is 1. The Balaban J connectivity index is 1.41. The van der Waals surface area contributed by atoms with Crippen LogP contribution in [0.25, 0.3) is 0 Å². The number of hydrogen-bond acceptors (Lipinski definition) is 6. The first-order chi connectivity index (χ1) is 19.2. The number of aromatic nitrogens is 1. The van der Waals surface area contributed by atoms with Gasteiger partial charge in [0.1, 0.15) is 17.7 Å². The fourth-order valence-corrected chi connectivity index (χ4v) is 5.34. The molecule has 8 nitrogen and oxygen atoms in total. The van der Waals surface area contributed by atoms with Gasteiger partial charge in [-0.1, -0.05) is 18.9 Å². The molecule has 2 aliphatic rings. The molecule has 210 valence electrons. The van der Waals surface area contributed by atoms with Crippen molar-refractivity contribution in [2.45, 2.75) is 49.8 Å². The van der Waals surface area contributed by atoms with E-state index in [4.69, 9.17) is 16.2 Å². The Morgan fingerprint density at radius 3 is 2.48 bits per heavy atom. The summed E-state index contributed by atoms with van der Waals surface area (Å²) in [6, 6.07) is 10.9. The minimum absolute atomic E-state index is 0.0305. The van der Waals surface area contributed by atoms with E-state index in [0.717, 1.165) is 18.1 Å². The van der Waals surface area contributed by atoms with Gasteiger partial charge in [0.2, 0.25) is 5.91 Å². The standard InChI is InChI=1S/C30H33F2N5O3/c1-40-22-16-27(37(17-22)29(39)19-4-6-23(31)25(33)14-19)28(38)36-26-15-21(5-7-24(26)32)30(34,11-8-18-2-3-18)20-9-12-35-13-10-20/h4-7,9-10,12-15,18,22,27H,2-3,8,11,16-17,33-34H2,1H3,(H,36,38). The molecule has 0 bridgehead atoms. The van der Waals surface area contributed by atoms with Gasteiger partial charge in [0.25, 0.3) is 5.91 Å². The highest BCUT2D eigenvalue weighted by Crippen LogP contribution is 2.40. The lowest BCUT2D eigenvalue weighted by Crippen LogP contribution is -2.43. The van der Waals surface area contributed by atoms with Crippen LogP contribution >= 0.6 is 0 Å². The predicted molar refractivity (Wildman–Crippen MR) is 147 cm³/mol. The van der Waals surface area contributed by atoms with E-state index in [1.807, 2.05) is 12.1 Å². The Morgan fingerprint density at radius 2 is 1.80 bits per heavy atom. The van der Waals surface area contributed by atoms with Crippen LogP contribution in [-0.2, 0) is 15.1 Å². The van der Waals surface area contributed by atoms with Crippen molar-refractivity contribution in [2.24, 2.45) is 11.7 Å². The molecule has 2 heterocycles. The van der Waals surface area contributed by atoms with Crippen molar-refractivity contribution in [3.05, 3.63) is 89.2 Å². The topological polar surface area (TPSA) is 124 Å². The molecule has 1 aliphatic heterocycles. The second-order valence-electron chi connectivity index (χ2n) is 10.7. The van der Waals surface area contributed by atoms with Gasteiger partial charge in [-0.25, -0.2) is 8.78 Å². The number of likely N-dealkylation sites (tertiary alicyclic amines) is 1. The van der Waals surface area contributed by atoms with Gasteiger partial charge in [-0.3, -0.25) is 14.6 Å². The van der Waals surface area contributed by atoms with Crippen molar-refractivity contribution in [1.82, 2.24) is 9.88 Å². The largest absolute Gasteiger partial charge is 0.396 e. The number of methoxy groups -OCH3 is 1. The van der Waals surface area contributed by atoms with Crippen LogP contribution in [0.5, 0.6) is 0 Å². The van der Waals surface area contributed by atoms with Gasteiger partial charge in [-0.2, -0.15) is 0 Å². The van der Waals surface area contributed by atoms with Gasteiger partial charge in [0, 0.05) is 38.0 Å². The second kappa shape index (κ2) is 11.3. The molecular formula is C30H33F2N5O3. The molecule has 2 fully saturated rings. The molecule has 3 unspecified atom stereocenters. The Hall–Kier alpha value is -3.89. The zero-order valence-electron chi connectivity index (χ0n) is 22.3. The number of rotatable bonds is 9. The highest BCUT2D eigenvalue weighted by Gasteiger charge is 2.41. The van der Waals surface area contributed by atoms with E-state index in [2.05, 4.69) is 10.3 Å². The lowest BCUT2D eigenvalue weighted by atomic mass is 9.79. The molecule has 0 spiro atoms. The number of anilines is 2. The summed E-state index contributed by atoms with van der Waals surface area (Å²) >= 11 is 0. The van der Waals surface area contributed by atoms with Gasteiger partial charge in [0.05, 0.1) is 23.0 Å². The first-order valence-electron chi connectivity index (χ1n) is 13.4. The predicted octanol–water partition coefficient (Wildman–Crippen LogP) is 4.20. The Morgan fingerprint density at radius 1 is 1.07 bits per heavy atom. The second-order valence-corrected chi connectivity index (χ2v) is 10.7. The number of ether oxygens (including phenoxy) is 1. The third kappa shape index (κ3) is 5.68. The number of hydrogen-bond donors (Lipinski definition) is 3. The average molecular weight is 550 g/mol. The molecule has 5 rings (SSSR count). The third-order valence-corrected chi connectivity index (χ3v) is 7.98. The molecular weight excluding hydrogens is 516 g/mol. The number of amides is 2. The maximum Gasteiger partial charge on any atom is 0.254 e. The van der Waals surface area contributed by atoms with Crippen LogP contribution in [0.4, 0.5) is 20.2 Å². The zero-order valence-corrected chi connectivity index (χ0v) is 22.3. The fourth-order valence-electron chi connectivity index (χ4n) is 5.34. The molecule has 5 N–H and O–H groups in total. The summed E-state index contributed by atoms with van der Waals surface area (Å²) in [5.41, 5.74) is 13.2. The van der Waals surface area contributed by atoms with Gasteiger partial charge in [0.15, 0.2) is 0 Å². The molecule has 1 aromatic heterocycles. The van der Waals surface area contributed by atoms with E-state index < -0.39 is 41.1 Å². The molecule has 1 aliphatic carbocycles. The molecule has 0 radical (unpaired) electrons. The van der Waals surface area contributed by atoms with Gasteiger partial charge in [-0.05, 0) is 72.4 Å². The monoisotopic (exact) mass is 549 g/mol. The number of carbonyl (C=O) groups is 2. The van der Waals surface area contributed by atoms with Crippen LogP contribution < -0.4 is 16.8 Å². The van der Waals surface area contributed by atoms with Crippen LogP contribution in [0.1, 0.15) is 53.6 Å². The summed E-state index contributed by atoms with van der Waals surface area (Å²) < 4.78 is 34.2. The van der Waals surface area contributed by atoms with Crippen LogP contribution in [0, 0.1) is 17.6 Å². The highest BCUT2D eigenvalue weighted by atomic mass is 19.1. The number of carbonyl (C=O) groups excluding carboxylic acids is 2. The van der Waals surface area contributed by atoms with Crippen molar-refractivity contribution >= 4 is 23.2 Å². The third-order valence-electron chi connectivity index (χ3n) is 7.98. The lowest BCUT2D eigenvalue weighted by Gasteiger charge is -2.31. The van der Waals surface area contributed by atoms with Crippen LogP contribution in [-0.4, -0.2) is 47.5 Å². The van der Waals surface area contributed by atoms with Crippen LogP contribution in [0.15, 0.2) is 60.9 Å². The Bertz CT molecular complexity index is 1400. The number of nitrogens with one attached hydrogen (secondary N) is 1. The van der Waals surface area contributed by atoms with E-state index >= 15 is 4.39 Å². The summed E-state index contributed by atoms with van der Waals surface area (Å²) in [4.78, 5) is 32.2. The van der Waals surface area contributed by atoms with Crippen molar-refractivity contribution < 1.29 is 23.1 Å². The average Bonchev–Trinajstić information content (AvgIpc) is 3.70. The summed E-state index contributed by atoms with van der Waals surface area (Å²) in [5, 5.41) is 2.68. The molecule has 10 heteroatoms. The van der Waals surface area contributed by atoms with Gasteiger partial charge in [-0.15, -0.1) is 0 Å². The van der Waals surface area contributed by atoms with Gasteiger partial charge < -0.3 is 26.4 Å². The molecule has 2 amide bonds. The number of pyridine rings is 1. The van der Waals surface area contributed by atoms with Crippen molar-refractivity contribution in [3.63, 3.8) is 0 Å². The first-order valence-corrected chi connectivity index (χ1v) is 13.4. The van der Waals surface area contributed by atoms with Crippen LogP contribution in [0.3, 0.4) is 0 Å². The minimum atomic E-state index is -0.940. The summed E-state index contributed by atoms with van der Waals surface area (Å²) in [6.45, 7) is 0.141. The normalized spacial score (nSPS) is 20.2. The van der Waals surface area contributed by atoms with E-state index in [-0.39, 0.29) is 29.9 Å². The van der Waals surface area contributed by atoms with E-state index in [1.54, 1.807) is 24.5 Å². The summed E-state index contributed by atoms with van der Waals surface area (Å²) in [7, 11) is 1.49. The van der Waals surface area contributed by atoms with Crippen molar-refractivity contribution in [2.75, 3.05) is 24.7 Å². The molecule has 2 aromatic carbocycles. The lowest BCUT2D eigenvalue weighted by molar-refractivity contribution is -0.119. The highest BCUT2D eigenvalue weighted by molar-refractivity contribution is 6.02. The summed E-state index contributed by atoms with van der Waals surface area (Å²) in [5.74, 6) is -1.69.